The van der Waals surface area contributed by atoms with Crippen LogP contribution in [0.2, 0.25) is 0 Å². The van der Waals surface area contributed by atoms with Gasteiger partial charge in [-0.1, -0.05) is 6.92 Å². The molecule has 0 unspecified atom stereocenters. The quantitative estimate of drug-likeness (QED) is 0.620. The monoisotopic (exact) mass is 280 g/mol. The first-order valence-electron chi connectivity index (χ1n) is 6.56. The molecule has 20 heavy (non-hydrogen) atoms. The van der Waals surface area contributed by atoms with Gasteiger partial charge < -0.3 is 15.6 Å². The molecule has 0 aliphatic carbocycles. The normalized spacial score (nSPS) is 11.7. The highest BCUT2D eigenvalue weighted by Gasteiger charge is 2.20. The Labute approximate surface area is 117 Å². The molecular formula is C13H20N4O3. The fraction of sp³-hybridized carbons (Fsp3) is 0.538. The molecule has 1 atom stereocenters. The summed E-state index contributed by atoms with van der Waals surface area (Å²) in [5.41, 5.74) is 0.791. The summed E-state index contributed by atoms with van der Waals surface area (Å²) < 4.78 is 0. The van der Waals surface area contributed by atoms with E-state index >= 15 is 0 Å². The number of imidazole rings is 1. The summed E-state index contributed by atoms with van der Waals surface area (Å²) in [6.07, 6.45) is 4.04. The van der Waals surface area contributed by atoms with Gasteiger partial charge in [-0.15, -0.1) is 0 Å². The molecule has 0 aromatic carbocycles. The van der Waals surface area contributed by atoms with Crippen LogP contribution < -0.4 is 10.6 Å². The lowest BCUT2D eigenvalue weighted by Gasteiger charge is -2.16. The minimum absolute atomic E-state index is 0.0347. The van der Waals surface area contributed by atoms with Crippen LogP contribution in [0.3, 0.4) is 0 Å². The predicted molar refractivity (Wildman–Crippen MR) is 72.8 cm³/mol. The second kappa shape index (κ2) is 8.08. The van der Waals surface area contributed by atoms with Crippen molar-refractivity contribution in [1.82, 2.24) is 20.6 Å². The van der Waals surface area contributed by atoms with Crippen LogP contribution in [0.1, 0.15) is 32.4 Å². The van der Waals surface area contributed by atoms with Crippen molar-refractivity contribution in [3.05, 3.63) is 18.2 Å². The zero-order valence-corrected chi connectivity index (χ0v) is 11.7. The first kappa shape index (κ1) is 15.9. The summed E-state index contributed by atoms with van der Waals surface area (Å²) in [6, 6.07) is -0.565. The summed E-state index contributed by atoms with van der Waals surface area (Å²) >= 11 is 0. The molecule has 1 aromatic heterocycles. The summed E-state index contributed by atoms with van der Waals surface area (Å²) in [4.78, 5) is 41.1. The summed E-state index contributed by atoms with van der Waals surface area (Å²) in [6.45, 7) is 3.41. The number of nitrogens with one attached hydrogen (secondary N) is 3. The number of hydrogen-bond donors (Lipinski definition) is 3. The van der Waals surface area contributed by atoms with Gasteiger partial charge in [0, 0.05) is 44.6 Å². The summed E-state index contributed by atoms with van der Waals surface area (Å²) in [7, 11) is 0. The largest absolute Gasteiger partial charge is 0.356 e. The Morgan fingerprint density at radius 2 is 2.15 bits per heavy atom. The zero-order chi connectivity index (χ0) is 15.0. The molecule has 2 amide bonds. The van der Waals surface area contributed by atoms with Gasteiger partial charge in [-0.05, 0) is 0 Å². The molecule has 0 radical (unpaired) electrons. The number of carbonyl (C=O) groups excluding carboxylic acids is 3. The SMILES string of the molecule is CCC(=O)[C@H](Cc1cnc[nH]1)NC(=O)CCNC(C)=O. The highest BCUT2D eigenvalue weighted by atomic mass is 16.2. The summed E-state index contributed by atoms with van der Waals surface area (Å²) in [5, 5.41) is 5.23. The van der Waals surface area contributed by atoms with Crippen molar-refractivity contribution in [2.75, 3.05) is 6.54 Å². The van der Waals surface area contributed by atoms with E-state index in [1.54, 1.807) is 13.1 Å². The van der Waals surface area contributed by atoms with Gasteiger partial charge in [0.1, 0.15) is 0 Å². The maximum atomic E-state index is 11.8. The van der Waals surface area contributed by atoms with Gasteiger partial charge in [0.05, 0.1) is 12.4 Å². The molecule has 0 aliphatic rings. The number of carbonyl (C=O) groups is 3. The van der Waals surface area contributed by atoms with Crippen LogP contribution in [0.15, 0.2) is 12.5 Å². The third-order valence-corrected chi connectivity index (χ3v) is 2.78. The fourth-order valence-corrected chi connectivity index (χ4v) is 1.73. The van der Waals surface area contributed by atoms with E-state index in [4.69, 9.17) is 0 Å². The van der Waals surface area contributed by atoms with Gasteiger partial charge in [0.15, 0.2) is 5.78 Å². The first-order chi connectivity index (χ1) is 9.52. The minimum Gasteiger partial charge on any atom is -0.356 e. The van der Waals surface area contributed by atoms with Crippen molar-refractivity contribution < 1.29 is 14.4 Å². The predicted octanol–water partition coefficient (Wildman–Crippen LogP) is -0.0577. The van der Waals surface area contributed by atoms with Gasteiger partial charge in [-0.25, -0.2) is 4.98 Å². The Bertz CT molecular complexity index is 456. The van der Waals surface area contributed by atoms with Crippen molar-refractivity contribution in [1.29, 1.82) is 0 Å². The molecule has 110 valence electrons. The van der Waals surface area contributed by atoms with E-state index in [9.17, 15) is 14.4 Å². The van der Waals surface area contributed by atoms with Crippen molar-refractivity contribution >= 4 is 17.6 Å². The smallest absolute Gasteiger partial charge is 0.222 e. The van der Waals surface area contributed by atoms with E-state index in [1.807, 2.05) is 0 Å². The molecule has 1 rings (SSSR count). The minimum atomic E-state index is -0.565. The van der Waals surface area contributed by atoms with E-state index < -0.39 is 6.04 Å². The Balaban J connectivity index is 2.49. The maximum absolute atomic E-state index is 11.8. The van der Waals surface area contributed by atoms with E-state index in [1.165, 1.54) is 13.3 Å². The molecular weight excluding hydrogens is 260 g/mol. The number of ketones is 1. The number of rotatable bonds is 8. The van der Waals surface area contributed by atoms with Crippen LogP contribution in [-0.4, -0.2) is 40.2 Å². The van der Waals surface area contributed by atoms with E-state index in [2.05, 4.69) is 20.6 Å². The first-order valence-corrected chi connectivity index (χ1v) is 6.56. The molecule has 0 saturated heterocycles. The Kier molecular flexibility index (Phi) is 6.42. The maximum Gasteiger partial charge on any atom is 0.222 e. The topological polar surface area (TPSA) is 104 Å². The van der Waals surface area contributed by atoms with Crippen molar-refractivity contribution in [3.63, 3.8) is 0 Å². The molecule has 0 bridgehead atoms. The number of nitrogens with zero attached hydrogens (tertiary/aromatic N) is 1. The average molecular weight is 280 g/mol. The van der Waals surface area contributed by atoms with E-state index in [0.717, 1.165) is 5.69 Å². The van der Waals surface area contributed by atoms with Crippen LogP contribution in [0, 0.1) is 0 Å². The Morgan fingerprint density at radius 3 is 2.70 bits per heavy atom. The molecule has 7 heteroatoms. The Morgan fingerprint density at radius 1 is 1.40 bits per heavy atom. The van der Waals surface area contributed by atoms with Crippen molar-refractivity contribution in [2.24, 2.45) is 0 Å². The number of Topliss-reactive ketones (excluding diaryl/α,β-unsaturated/α-hetero) is 1. The van der Waals surface area contributed by atoms with Gasteiger partial charge in [-0.2, -0.15) is 0 Å². The highest BCUT2D eigenvalue weighted by molar-refractivity contribution is 5.89. The van der Waals surface area contributed by atoms with Crippen LogP contribution in [0.5, 0.6) is 0 Å². The zero-order valence-electron chi connectivity index (χ0n) is 11.7. The molecule has 0 spiro atoms. The lowest BCUT2D eigenvalue weighted by Crippen LogP contribution is -2.43. The lowest BCUT2D eigenvalue weighted by molar-refractivity contribution is -0.127. The van der Waals surface area contributed by atoms with Gasteiger partial charge in [-0.3, -0.25) is 14.4 Å². The standard InChI is InChI=1S/C13H20N4O3/c1-3-12(19)11(6-10-7-14-8-16-10)17-13(20)4-5-15-9(2)18/h7-8,11H,3-6H2,1-2H3,(H,14,16)(H,15,18)(H,17,20)/t11-/m0/s1. The highest BCUT2D eigenvalue weighted by Crippen LogP contribution is 2.02. The van der Waals surface area contributed by atoms with Crippen LogP contribution >= 0.6 is 0 Å². The summed E-state index contributed by atoms with van der Waals surface area (Å²) in [5.74, 6) is -0.478. The van der Waals surface area contributed by atoms with Crippen molar-refractivity contribution in [2.45, 2.75) is 39.2 Å². The number of hydrogen-bond acceptors (Lipinski definition) is 4. The van der Waals surface area contributed by atoms with Gasteiger partial charge >= 0.3 is 0 Å². The Hall–Kier alpha value is -2.18. The average Bonchev–Trinajstić information content (AvgIpc) is 2.89. The molecule has 1 heterocycles. The van der Waals surface area contributed by atoms with Crippen LogP contribution in [0.25, 0.3) is 0 Å². The third kappa shape index (κ3) is 5.64. The van der Waals surface area contributed by atoms with Gasteiger partial charge in [0.25, 0.3) is 0 Å². The fourth-order valence-electron chi connectivity index (χ4n) is 1.73. The van der Waals surface area contributed by atoms with Crippen molar-refractivity contribution in [3.8, 4) is 0 Å². The second-order valence-electron chi connectivity index (χ2n) is 4.45. The number of aromatic nitrogens is 2. The molecule has 0 aliphatic heterocycles. The van der Waals surface area contributed by atoms with Crippen LogP contribution in [0.4, 0.5) is 0 Å². The molecule has 0 fully saturated rings. The second-order valence-corrected chi connectivity index (χ2v) is 4.45. The van der Waals surface area contributed by atoms with E-state index in [-0.39, 0.29) is 30.6 Å². The lowest BCUT2D eigenvalue weighted by atomic mass is 10.1. The number of H-pyrrole nitrogens is 1. The number of amides is 2. The molecule has 3 N–H and O–H groups in total. The third-order valence-electron chi connectivity index (χ3n) is 2.78. The molecule has 1 aromatic rings. The number of aromatic amines is 1. The molecule has 0 saturated carbocycles. The van der Waals surface area contributed by atoms with E-state index in [0.29, 0.717) is 12.8 Å². The van der Waals surface area contributed by atoms with Gasteiger partial charge in [0.2, 0.25) is 11.8 Å². The van der Waals surface area contributed by atoms with Crippen LogP contribution in [-0.2, 0) is 20.8 Å². The molecule has 7 nitrogen and oxygen atoms in total.